The van der Waals surface area contributed by atoms with Gasteiger partial charge >= 0.3 is 6.61 Å². The van der Waals surface area contributed by atoms with Crippen molar-refractivity contribution < 1.29 is 36.2 Å². The molecule has 37 heavy (non-hydrogen) atoms. The van der Waals surface area contributed by atoms with Crippen LogP contribution >= 0.6 is 24.8 Å². The second kappa shape index (κ2) is 12.9. The first-order chi connectivity index (χ1) is 16.7. The number of rotatable bonds is 10. The number of alkyl halides is 2. The van der Waals surface area contributed by atoms with E-state index in [0.717, 1.165) is 19.0 Å². The lowest BCUT2D eigenvalue weighted by Gasteiger charge is -2.12. The molecule has 4 rings (SSSR count). The highest BCUT2D eigenvalue weighted by Crippen LogP contribution is 2.37. The van der Waals surface area contributed by atoms with Gasteiger partial charge in [-0.15, -0.1) is 24.8 Å². The van der Waals surface area contributed by atoms with Crippen LogP contribution in [-0.4, -0.2) is 29.1 Å². The molecule has 1 aromatic carbocycles. The van der Waals surface area contributed by atoms with Crippen molar-refractivity contribution in [2.45, 2.75) is 39.0 Å². The quantitative estimate of drug-likeness (QED) is 0.324. The van der Waals surface area contributed by atoms with Gasteiger partial charge in [-0.3, -0.25) is 9.78 Å². The first-order valence-corrected chi connectivity index (χ1v) is 10.8. The van der Waals surface area contributed by atoms with Crippen molar-refractivity contribution in [2.75, 3.05) is 6.61 Å². The summed E-state index contributed by atoms with van der Waals surface area (Å²) >= 11 is 0. The predicted octanol–water partition coefficient (Wildman–Crippen LogP) is 5.20. The fourth-order valence-corrected chi connectivity index (χ4v) is 3.19. The number of hydrogen-bond acceptors (Lipinski definition) is 7. The molecule has 1 aliphatic rings. The van der Waals surface area contributed by atoms with Crippen LogP contribution in [0.4, 0.5) is 17.6 Å². The zero-order valence-electron chi connectivity index (χ0n) is 19.4. The molecule has 202 valence electrons. The molecule has 1 fully saturated rings. The summed E-state index contributed by atoms with van der Waals surface area (Å²) in [6, 6.07) is 4.07. The number of carbonyl (C=O) groups is 1. The number of oxazole rings is 1. The number of amides is 1. The number of aromatic nitrogens is 2. The summed E-state index contributed by atoms with van der Waals surface area (Å²) in [5.74, 6) is -2.13. The molecule has 1 saturated carbocycles. The zero-order chi connectivity index (χ0) is 25.1. The predicted molar refractivity (Wildman–Crippen MR) is 129 cm³/mol. The van der Waals surface area contributed by atoms with Gasteiger partial charge in [-0.05, 0) is 43.9 Å². The minimum absolute atomic E-state index is 0. The first-order valence-electron chi connectivity index (χ1n) is 10.8. The van der Waals surface area contributed by atoms with Crippen molar-refractivity contribution in [1.82, 2.24) is 15.3 Å². The molecule has 0 bridgehead atoms. The number of ether oxygens (including phenoxy) is 2. The largest absolute Gasteiger partial charge is 0.489 e. The Hall–Kier alpha value is -3.09. The second-order valence-electron chi connectivity index (χ2n) is 8.08. The van der Waals surface area contributed by atoms with E-state index < -0.39 is 30.2 Å². The molecule has 1 atom stereocenters. The molecule has 1 amide bonds. The van der Waals surface area contributed by atoms with Crippen LogP contribution in [0.2, 0.25) is 0 Å². The van der Waals surface area contributed by atoms with Crippen molar-refractivity contribution >= 4 is 30.7 Å². The topological polar surface area (TPSA) is 113 Å². The summed E-state index contributed by atoms with van der Waals surface area (Å²) in [5, 5.41) is 2.45. The van der Waals surface area contributed by atoms with Gasteiger partial charge in [-0.1, -0.05) is 0 Å². The third-order valence-electron chi connectivity index (χ3n) is 5.16. The molecular weight excluding hydrogens is 543 g/mol. The van der Waals surface area contributed by atoms with E-state index in [9.17, 15) is 22.4 Å². The Morgan fingerprint density at radius 3 is 2.57 bits per heavy atom. The smallest absolute Gasteiger partial charge is 0.387 e. The zero-order valence-corrected chi connectivity index (χ0v) is 21.0. The summed E-state index contributed by atoms with van der Waals surface area (Å²) in [7, 11) is 0. The average molecular weight is 567 g/mol. The lowest BCUT2D eigenvalue weighted by Crippen LogP contribution is -2.26. The van der Waals surface area contributed by atoms with E-state index in [0.29, 0.717) is 24.2 Å². The molecule has 2 aromatic heterocycles. The third-order valence-corrected chi connectivity index (χ3v) is 5.16. The van der Waals surface area contributed by atoms with Crippen molar-refractivity contribution in [3.8, 4) is 23.0 Å². The van der Waals surface area contributed by atoms with Crippen molar-refractivity contribution in [2.24, 2.45) is 11.7 Å². The molecule has 0 saturated heterocycles. The Balaban J connectivity index is 0.00000241. The van der Waals surface area contributed by atoms with Gasteiger partial charge in [0, 0.05) is 11.6 Å². The Bertz CT molecular complexity index is 1230. The molecule has 14 heteroatoms. The van der Waals surface area contributed by atoms with Gasteiger partial charge in [0.15, 0.2) is 23.0 Å². The number of nitrogens with zero attached hydrogens (tertiary/aromatic N) is 2. The van der Waals surface area contributed by atoms with Crippen molar-refractivity contribution in [1.29, 1.82) is 0 Å². The molecule has 0 aliphatic heterocycles. The number of nitrogens with one attached hydrogen (secondary N) is 1. The van der Waals surface area contributed by atoms with E-state index in [4.69, 9.17) is 14.9 Å². The SMILES string of the molecule is C[C@H](N)c1oc(-c2ccc(OC(F)F)c(OCC3CC3)c2)nc1C(=O)NCc1ncc(F)cc1F.Cl.Cl. The molecule has 3 aromatic rings. The van der Waals surface area contributed by atoms with E-state index in [-0.39, 0.29) is 65.9 Å². The number of nitrogens with two attached hydrogens (primary N) is 1. The number of pyridine rings is 1. The maximum atomic E-state index is 13.8. The maximum absolute atomic E-state index is 13.8. The summed E-state index contributed by atoms with van der Waals surface area (Å²) in [6.45, 7) is -1.44. The van der Waals surface area contributed by atoms with Gasteiger partial charge in [-0.2, -0.15) is 8.78 Å². The normalized spacial score (nSPS) is 13.4. The average Bonchev–Trinajstić information content (AvgIpc) is 3.52. The highest BCUT2D eigenvalue weighted by atomic mass is 35.5. The number of halogens is 6. The molecule has 0 spiro atoms. The Labute approximate surface area is 221 Å². The monoisotopic (exact) mass is 566 g/mol. The van der Waals surface area contributed by atoms with E-state index in [2.05, 4.69) is 20.0 Å². The second-order valence-corrected chi connectivity index (χ2v) is 8.08. The molecule has 3 N–H and O–H groups in total. The van der Waals surface area contributed by atoms with Crippen LogP contribution in [0, 0.1) is 17.6 Å². The number of carbonyl (C=O) groups excluding carboxylic acids is 1. The van der Waals surface area contributed by atoms with Gasteiger partial charge in [0.25, 0.3) is 5.91 Å². The van der Waals surface area contributed by atoms with Gasteiger partial charge in [0.1, 0.15) is 11.6 Å². The highest BCUT2D eigenvalue weighted by Gasteiger charge is 2.26. The highest BCUT2D eigenvalue weighted by molar-refractivity contribution is 5.93. The van der Waals surface area contributed by atoms with E-state index in [1.807, 2.05) is 0 Å². The minimum Gasteiger partial charge on any atom is -0.489 e. The lowest BCUT2D eigenvalue weighted by atomic mass is 10.2. The summed E-state index contributed by atoms with van der Waals surface area (Å²) in [6.07, 6.45) is 2.83. The van der Waals surface area contributed by atoms with Gasteiger partial charge in [0.2, 0.25) is 5.89 Å². The van der Waals surface area contributed by atoms with Crippen LogP contribution in [0.5, 0.6) is 11.5 Å². The molecule has 0 radical (unpaired) electrons. The molecule has 8 nitrogen and oxygen atoms in total. The maximum Gasteiger partial charge on any atom is 0.387 e. The van der Waals surface area contributed by atoms with E-state index in [1.165, 1.54) is 18.2 Å². The van der Waals surface area contributed by atoms with Crippen LogP contribution in [0.1, 0.15) is 47.7 Å². The fourth-order valence-electron chi connectivity index (χ4n) is 3.19. The molecule has 2 heterocycles. The van der Waals surface area contributed by atoms with Gasteiger partial charge in [0.05, 0.1) is 31.1 Å². The number of hydrogen-bond donors (Lipinski definition) is 2. The van der Waals surface area contributed by atoms with Crippen LogP contribution in [0.25, 0.3) is 11.5 Å². The van der Waals surface area contributed by atoms with Crippen LogP contribution in [-0.2, 0) is 6.54 Å². The Kier molecular flexibility index (Phi) is 10.5. The van der Waals surface area contributed by atoms with Gasteiger partial charge < -0.3 is 24.9 Å². The van der Waals surface area contributed by atoms with E-state index >= 15 is 0 Å². The third kappa shape index (κ3) is 7.70. The summed E-state index contributed by atoms with van der Waals surface area (Å²) < 4.78 is 68.4. The Morgan fingerprint density at radius 2 is 1.95 bits per heavy atom. The van der Waals surface area contributed by atoms with Crippen LogP contribution in [0.15, 0.2) is 34.9 Å². The van der Waals surface area contributed by atoms with Crippen LogP contribution in [0.3, 0.4) is 0 Å². The Morgan fingerprint density at radius 1 is 1.22 bits per heavy atom. The lowest BCUT2D eigenvalue weighted by molar-refractivity contribution is -0.0515. The summed E-state index contributed by atoms with van der Waals surface area (Å²) in [5.41, 5.74) is 5.95. The van der Waals surface area contributed by atoms with Crippen molar-refractivity contribution in [3.05, 3.63) is 59.2 Å². The number of benzene rings is 1. The van der Waals surface area contributed by atoms with Crippen molar-refractivity contribution in [3.63, 3.8) is 0 Å². The fraction of sp³-hybridized carbons (Fsp3) is 0.348. The van der Waals surface area contributed by atoms with E-state index in [1.54, 1.807) is 6.92 Å². The molecule has 1 aliphatic carbocycles. The van der Waals surface area contributed by atoms with Gasteiger partial charge in [-0.25, -0.2) is 13.8 Å². The summed E-state index contributed by atoms with van der Waals surface area (Å²) in [4.78, 5) is 20.6. The standard InChI is InChI=1S/C23H22F4N4O4.2ClH/c1-11(28)20-19(21(32)30-9-16-15(25)7-14(24)8-29-16)31-22(35-20)13-4-5-17(34-23(26)27)18(6-13)33-10-12-2-3-12;;/h4-8,11-12,23H,2-3,9-10,28H2,1H3,(H,30,32);2*1H/t11-;;/m0../s1. The molecule has 0 unspecified atom stereocenters. The minimum atomic E-state index is -3.04. The van der Waals surface area contributed by atoms with Crippen LogP contribution < -0.4 is 20.5 Å². The first kappa shape index (κ1) is 30.1. The molecular formula is C23H24Cl2F4N4O4.